The average molecular weight is 332 g/mol. The maximum absolute atomic E-state index is 6.08. The van der Waals surface area contributed by atoms with Gasteiger partial charge in [-0.05, 0) is 38.2 Å². The number of hydrogen-bond donors (Lipinski definition) is 2. The fourth-order valence-corrected chi connectivity index (χ4v) is 2.95. The van der Waals surface area contributed by atoms with Crippen LogP contribution in [0.5, 0.6) is 0 Å². The van der Waals surface area contributed by atoms with E-state index in [1.54, 1.807) is 0 Å². The molecule has 24 heavy (non-hydrogen) atoms. The molecule has 0 bridgehead atoms. The first-order chi connectivity index (χ1) is 11.6. The first-order valence-corrected chi connectivity index (χ1v) is 9.33. The van der Waals surface area contributed by atoms with Crippen molar-refractivity contribution in [3.63, 3.8) is 0 Å². The van der Waals surface area contributed by atoms with E-state index in [2.05, 4.69) is 68.7 Å². The van der Waals surface area contributed by atoms with Gasteiger partial charge in [-0.25, -0.2) is 0 Å². The maximum atomic E-state index is 6.08. The van der Waals surface area contributed by atoms with Crippen molar-refractivity contribution in [2.75, 3.05) is 19.7 Å². The molecule has 0 saturated carbocycles. The molecule has 2 N–H and O–H groups in total. The van der Waals surface area contributed by atoms with Gasteiger partial charge in [0.2, 0.25) is 0 Å². The Morgan fingerprint density at radius 1 is 1.25 bits per heavy atom. The summed E-state index contributed by atoms with van der Waals surface area (Å²) in [6.07, 6.45) is 2.45. The lowest BCUT2D eigenvalue weighted by Crippen LogP contribution is -2.44. The van der Waals surface area contributed by atoms with Gasteiger partial charge in [-0.15, -0.1) is 0 Å². The molecule has 3 unspecified atom stereocenters. The van der Waals surface area contributed by atoms with Crippen molar-refractivity contribution >= 4 is 5.96 Å². The van der Waals surface area contributed by atoms with Crippen LogP contribution >= 0.6 is 0 Å². The molecule has 2 rings (SSSR count). The molecule has 1 aliphatic heterocycles. The van der Waals surface area contributed by atoms with Crippen LogP contribution < -0.4 is 10.6 Å². The van der Waals surface area contributed by atoms with E-state index in [-0.39, 0.29) is 6.10 Å². The van der Waals surface area contributed by atoms with Gasteiger partial charge < -0.3 is 15.4 Å². The molecule has 0 amide bonds. The Labute approximate surface area is 147 Å². The van der Waals surface area contributed by atoms with Crippen LogP contribution in [0.3, 0.4) is 0 Å². The van der Waals surface area contributed by atoms with E-state index in [0.29, 0.717) is 17.9 Å². The van der Waals surface area contributed by atoms with Crippen molar-refractivity contribution < 1.29 is 4.74 Å². The van der Waals surface area contributed by atoms with Gasteiger partial charge in [0, 0.05) is 31.7 Å². The molecule has 1 heterocycles. The van der Waals surface area contributed by atoms with Gasteiger partial charge in [0.05, 0.1) is 6.10 Å². The SMILES string of the molecule is CCNC(=NCC1CCCOC1c1ccccc1)NC(C)C(C)C. The third-order valence-electron chi connectivity index (χ3n) is 4.77. The average Bonchev–Trinajstić information content (AvgIpc) is 2.60. The molecule has 0 aromatic heterocycles. The predicted octanol–water partition coefficient (Wildman–Crippen LogP) is 3.75. The summed E-state index contributed by atoms with van der Waals surface area (Å²) in [5.74, 6) is 1.92. The predicted molar refractivity (Wildman–Crippen MR) is 101 cm³/mol. The van der Waals surface area contributed by atoms with E-state index in [1.165, 1.54) is 12.0 Å². The number of aliphatic imine (C=N–C) groups is 1. The fourth-order valence-electron chi connectivity index (χ4n) is 2.95. The molecule has 0 aliphatic carbocycles. The summed E-state index contributed by atoms with van der Waals surface area (Å²) >= 11 is 0. The lowest BCUT2D eigenvalue weighted by molar-refractivity contribution is -0.0250. The zero-order valence-corrected chi connectivity index (χ0v) is 15.6. The van der Waals surface area contributed by atoms with Crippen molar-refractivity contribution in [2.24, 2.45) is 16.8 Å². The van der Waals surface area contributed by atoms with Crippen LogP contribution in [0, 0.1) is 11.8 Å². The first kappa shape index (κ1) is 18.8. The highest BCUT2D eigenvalue weighted by molar-refractivity contribution is 5.80. The molecule has 0 radical (unpaired) electrons. The Morgan fingerprint density at radius 2 is 2.00 bits per heavy atom. The lowest BCUT2D eigenvalue weighted by atomic mass is 9.89. The number of nitrogens with one attached hydrogen (secondary N) is 2. The summed E-state index contributed by atoms with van der Waals surface area (Å²) in [7, 11) is 0. The van der Waals surface area contributed by atoms with Crippen LogP contribution in [0.4, 0.5) is 0 Å². The third kappa shape index (κ3) is 5.52. The number of benzene rings is 1. The molecule has 1 saturated heterocycles. The standard InChI is InChI=1S/C20H33N3O/c1-5-21-20(23-16(4)15(2)3)22-14-18-12-9-13-24-19(18)17-10-7-6-8-11-17/h6-8,10-11,15-16,18-19H,5,9,12-14H2,1-4H3,(H2,21,22,23). The molecule has 1 aromatic carbocycles. The minimum absolute atomic E-state index is 0.161. The highest BCUT2D eigenvalue weighted by Gasteiger charge is 2.27. The Bertz CT molecular complexity index is 501. The topological polar surface area (TPSA) is 45.7 Å². The molecule has 1 aromatic rings. The smallest absolute Gasteiger partial charge is 0.191 e. The lowest BCUT2D eigenvalue weighted by Gasteiger charge is -2.31. The van der Waals surface area contributed by atoms with Gasteiger partial charge in [-0.1, -0.05) is 44.2 Å². The molecule has 1 aliphatic rings. The van der Waals surface area contributed by atoms with Crippen molar-refractivity contribution in [2.45, 2.75) is 52.7 Å². The zero-order chi connectivity index (χ0) is 17.4. The summed E-state index contributed by atoms with van der Waals surface area (Å²) in [6, 6.07) is 11.0. The quantitative estimate of drug-likeness (QED) is 0.616. The highest BCUT2D eigenvalue weighted by atomic mass is 16.5. The second kappa shape index (κ2) is 9.67. The minimum atomic E-state index is 0.161. The number of ether oxygens (including phenoxy) is 1. The van der Waals surface area contributed by atoms with Gasteiger partial charge in [0.25, 0.3) is 0 Å². The second-order valence-electron chi connectivity index (χ2n) is 7.00. The third-order valence-corrected chi connectivity index (χ3v) is 4.77. The Morgan fingerprint density at radius 3 is 2.67 bits per heavy atom. The van der Waals surface area contributed by atoms with E-state index in [0.717, 1.165) is 32.1 Å². The Kier molecular flexibility index (Phi) is 7.57. The molecule has 4 heteroatoms. The van der Waals surface area contributed by atoms with Crippen LogP contribution in [0.1, 0.15) is 52.2 Å². The Hall–Kier alpha value is -1.55. The summed E-state index contributed by atoms with van der Waals surface area (Å²) < 4.78 is 6.08. The molecular formula is C20H33N3O. The van der Waals surface area contributed by atoms with E-state index >= 15 is 0 Å². The molecule has 3 atom stereocenters. The van der Waals surface area contributed by atoms with E-state index in [1.807, 2.05) is 0 Å². The van der Waals surface area contributed by atoms with Gasteiger partial charge in [-0.2, -0.15) is 0 Å². The van der Waals surface area contributed by atoms with Crippen molar-refractivity contribution in [3.05, 3.63) is 35.9 Å². The number of guanidine groups is 1. The maximum Gasteiger partial charge on any atom is 0.191 e. The number of hydrogen-bond acceptors (Lipinski definition) is 2. The minimum Gasteiger partial charge on any atom is -0.373 e. The molecule has 1 fully saturated rings. The van der Waals surface area contributed by atoms with Crippen LogP contribution in [-0.2, 0) is 4.74 Å². The van der Waals surface area contributed by atoms with Gasteiger partial charge in [-0.3, -0.25) is 4.99 Å². The molecule has 0 spiro atoms. The fraction of sp³-hybridized carbons (Fsp3) is 0.650. The van der Waals surface area contributed by atoms with E-state index in [9.17, 15) is 0 Å². The van der Waals surface area contributed by atoms with Gasteiger partial charge in [0.15, 0.2) is 5.96 Å². The van der Waals surface area contributed by atoms with Crippen LogP contribution in [-0.4, -0.2) is 31.7 Å². The van der Waals surface area contributed by atoms with Gasteiger partial charge >= 0.3 is 0 Å². The first-order valence-electron chi connectivity index (χ1n) is 9.33. The summed E-state index contributed by atoms with van der Waals surface area (Å²) in [4.78, 5) is 4.85. The monoisotopic (exact) mass is 331 g/mol. The summed E-state index contributed by atoms with van der Waals surface area (Å²) in [5.41, 5.74) is 1.27. The van der Waals surface area contributed by atoms with Crippen molar-refractivity contribution in [1.82, 2.24) is 10.6 Å². The van der Waals surface area contributed by atoms with Crippen molar-refractivity contribution in [3.8, 4) is 0 Å². The molecule has 134 valence electrons. The van der Waals surface area contributed by atoms with Gasteiger partial charge in [0.1, 0.15) is 0 Å². The summed E-state index contributed by atoms with van der Waals surface area (Å²) in [6.45, 7) is 11.3. The normalized spacial score (nSPS) is 23.1. The zero-order valence-electron chi connectivity index (χ0n) is 15.6. The second-order valence-corrected chi connectivity index (χ2v) is 7.00. The number of rotatable bonds is 6. The van der Waals surface area contributed by atoms with Crippen LogP contribution in [0.25, 0.3) is 0 Å². The summed E-state index contributed by atoms with van der Waals surface area (Å²) in [5, 5.41) is 6.87. The number of nitrogens with zero attached hydrogens (tertiary/aromatic N) is 1. The van der Waals surface area contributed by atoms with Crippen LogP contribution in [0.2, 0.25) is 0 Å². The van der Waals surface area contributed by atoms with Crippen LogP contribution in [0.15, 0.2) is 35.3 Å². The molecular weight excluding hydrogens is 298 g/mol. The highest BCUT2D eigenvalue weighted by Crippen LogP contribution is 2.33. The molecule has 4 nitrogen and oxygen atoms in total. The largest absolute Gasteiger partial charge is 0.373 e. The van der Waals surface area contributed by atoms with E-state index in [4.69, 9.17) is 9.73 Å². The van der Waals surface area contributed by atoms with E-state index < -0.39 is 0 Å². The van der Waals surface area contributed by atoms with Crippen molar-refractivity contribution in [1.29, 1.82) is 0 Å². The Balaban J connectivity index is 2.04.